The predicted molar refractivity (Wildman–Crippen MR) is 108 cm³/mol. The van der Waals surface area contributed by atoms with Crippen LogP contribution in [0.1, 0.15) is 43.0 Å². The van der Waals surface area contributed by atoms with Crippen LogP contribution in [-0.4, -0.2) is 29.0 Å². The lowest BCUT2D eigenvalue weighted by molar-refractivity contribution is 0.322. The van der Waals surface area contributed by atoms with Gasteiger partial charge in [0.15, 0.2) is 0 Å². The van der Waals surface area contributed by atoms with Gasteiger partial charge in [0.25, 0.3) is 0 Å². The molecule has 0 aliphatic carbocycles. The van der Waals surface area contributed by atoms with Crippen LogP contribution in [0.4, 0.5) is 0 Å². The Morgan fingerprint density at radius 1 is 1.17 bits per heavy atom. The minimum atomic E-state index is 0. The summed E-state index contributed by atoms with van der Waals surface area (Å²) in [5, 5.41) is 3.39. The van der Waals surface area contributed by atoms with Crippen LogP contribution in [-0.2, 0) is 12.0 Å². The average Bonchev–Trinajstić information content (AvgIpc) is 3.07. The van der Waals surface area contributed by atoms with E-state index in [1.165, 1.54) is 16.3 Å². The van der Waals surface area contributed by atoms with Crippen LogP contribution in [0.25, 0.3) is 0 Å². The minimum absolute atomic E-state index is 0. The Morgan fingerprint density at radius 3 is 2.42 bits per heavy atom. The Labute approximate surface area is 161 Å². The molecule has 1 saturated heterocycles. The molecule has 0 bridgehead atoms. The van der Waals surface area contributed by atoms with Crippen LogP contribution in [0, 0.1) is 0 Å². The molecule has 0 saturated carbocycles. The summed E-state index contributed by atoms with van der Waals surface area (Å²) in [6.07, 6.45) is 0. The molecule has 2 heterocycles. The molecular formula is C18H27Cl2N3S. The van der Waals surface area contributed by atoms with Crippen molar-refractivity contribution in [1.29, 1.82) is 0 Å². The molecule has 1 aromatic carbocycles. The van der Waals surface area contributed by atoms with E-state index in [1.807, 2.05) is 0 Å². The molecule has 24 heavy (non-hydrogen) atoms. The van der Waals surface area contributed by atoms with Crippen molar-refractivity contribution in [2.24, 2.45) is 5.73 Å². The third-order valence-corrected chi connectivity index (χ3v) is 5.18. The number of hydrogen-bond acceptors (Lipinski definition) is 4. The van der Waals surface area contributed by atoms with Crippen molar-refractivity contribution in [1.82, 2.24) is 9.88 Å². The van der Waals surface area contributed by atoms with Crippen molar-refractivity contribution in [3.8, 4) is 0 Å². The van der Waals surface area contributed by atoms with Crippen molar-refractivity contribution in [2.75, 3.05) is 13.1 Å². The number of benzene rings is 1. The Balaban J connectivity index is 0.00000144. The quantitative estimate of drug-likeness (QED) is 0.857. The highest BCUT2D eigenvalue weighted by molar-refractivity contribution is 7.09. The lowest BCUT2D eigenvalue weighted by atomic mass is 9.93. The lowest BCUT2D eigenvalue weighted by Gasteiger charge is -2.16. The summed E-state index contributed by atoms with van der Waals surface area (Å²) in [7, 11) is 0. The van der Waals surface area contributed by atoms with Crippen LogP contribution in [0.5, 0.6) is 0 Å². The smallest absolute Gasteiger partial charge is 0.107 e. The summed E-state index contributed by atoms with van der Waals surface area (Å²) in [6, 6.07) is 10.8. The lowest BCUT2D eigenvalue weighted by Crippen LogP contribution is -2.28. The zero-order valence-electron chi connectivity index (χ0n) is 14.4. The van der Waals surface area contributed by atoms with Gasteiger partial charge >= 0.3 is 0 Å². The maximum atomic E-state index is 6.37. The molecule has 6 heteroatoms. The Kier molecular flexibility index (Phi) is 7.70. The van der Waals surface area contributed by atoms with Gasteiger partial charge in [-0.25, -0.2) is 4.98 Å². The van der Waals surface area contributed by atoms with Crippen LogP contribution in [0.3, 0.4) is 0 Å². The van der Waals surface area contributed by atoms with E-state index in [0.29, 0.717) is 5.92 Å². The number of nitrogens with zero attached hydrogens (tertiary/aromatic N) is 2. The first-order valence-electron chi connectivity index (χ1n) is 7.91. The fourth-order valence-electron chi connectivity index (χ4n) is 3.01. The molecule has 3 nitrogen and oxygen atoms in total. The summed E-state index contributed by atoms with van der Waals surface area (Å²) in [5.41, 5.74) is 9.04. The first kappa shape index (κ1) is 21.4. The van der Waals surface area contributed by atoms with E-state index in [9.17, 15) is 0 Å². The maximum absolute atomic E-state index is 6.37. The summed E-state index contributed by atoms with van der Waals surface area (Å²) >= 11 is 1.77. The summed E-state index contributed by atoms with van der Waals surface area (Å²) < 4.78 is 0. The fraction of sp³-hybridized carbons (Fsp3) is 0.500. The predicted octanol–water partition coefficient (Wildman–Crippen LogP) is 4.21. The highest BCUT2D eigenvalue weighted by Crippen LogP contribution is 2.29. The van der Waals surface area contributed by atoms with Crippen molar-refractivity contribution in [3.05, 3.63) is 52.0 Å². The second-order valence-electron chi connectivity index (χ2n) is 7.25. The maximum Gasteiger partial charge on any atom is 0.107 e. The number of halogens is 2. The van der Waals surface area contributed by atoms with E-state index >= 15 is 0 Å². The largest absolute Gasteiger partial charge is 0.326 e. The van der Waals surface area contributed by atoms with Gasteiger partial charge in [0, 0.05) is 35.8 Å². The van der Waals surface area contributed by atoms with Crippen LogP contribution in [0.15, 0.2) is 35.7 Å². The summed E-state index contributed by atoms with van der Waals surface area (Å²) in [4.78, 5) is 7.24. The second-order valence-corrected chi connectivity index (χ2v) is 8.19. The van der Waals surface area contributed by atoms with Crippen LogP contribution >= 0.6 is 36.2 Å². The van der Waals surface area contributed by atoms with E-state index in [-0.39, 0.29) is 36.3 Å². The number of hydrogen-bond donors (Lipinski definition) is 1. The van der Waals surface area contributed by atoms with Gasteiger partial charge in [0.2, 0.25) is 0 Å². The number of aromatic nitrogens is 1. The number of thiazole rings is 1. The Morgan fingerprint density at radius 2 is 1.83 bits per heavy atom. The van der Waals surface area contributed by atoms with Gasteiger partial charge in [-0.05, 0) is 5.56 Å². The Hall–Kier alpha value is -0.650. The highest BCUT2D eigenvalue weighted by Gasteiger charge is 2.31. The zero-order chi connectivity index (χ0) is 15.7. The summed E-state index contributed by atoms with van der Waals surface area (Å²) in [6.45, 7) is 9.52. The van der Waals surface area contributed by atoms with Gasteiger partial charge in [-0.3, -0.25) is 4.90 Å². The van der Waals surface area contributed by atoms with Crippen molar-refractivity contribution < 1.29 is 0 Å². The minimum Gasteiger partial charge on any atom is -0.326 e. The van der Waals surface area contributed by atoms with Gasteiger partial charge in [0.1, 0.15) is 5.01 Å². The molecule has 1 fully saturated rings. The van der Waals surface area contributed by atoms with E-state index in [1.54, 1.807) is 11.3 Å². The van der Waals surface area contributed by atoms with Crippen LogP contribution < -0.4 is 5.73 Å². The number of likely N-dealkylation sites (tertiary alicyclic amines) is 1. The Bertz CT molecular complexity index is 625. The van der Waals surface area contributed by atoms with Crippen molar-refractivity contribution in [3.63, 3.8) is 0 Å². The molecule has 1 aliphatic heterocycles. The third-order valence-electron chi connectivity index (χ3n) is 4.35. The molecule has 2 atom stereocenters. The fourth-order valence-corrected chi connectivity index (χ4v) is 4.08. The monoisotopic (exact) mass is 387 g/mol. The van der Waals surface area contributed by atoms with Gasteiger partial charge < -0.3 is 5.73 Å². The van der Waals surface area contributed by atoms with E-state index in [2.05, 4.69) is 61.4 Å². The van der Waals surface area contributed by atoms with Crippen molar-refractivity contribution >= 4 is 36.2 Å². The first-order valence-corrected chi connectivity index (χ1v) is 8.79. The molecule has 0 radical (unpaired) electrons. The molecule has 3 rings (SSSR count). The van der Waals surface area contributed by atoms with E-state index in [0.717, 1.165) is 19.6 Å². The normalized spacial score (nSPS) is 21.2. The number of rotatable bonds is 3. The molecular weight excluding hydrogens is 361 g/mol. The average molecular weight is 388 g/mol. The standard InChI is InChI=1S/C18H25N3S.2ClH/c1-18(2,3)16-12-22-17(20-16)11-21-9-14(15(19)10-21)13-7-5-4-6-8-13;;/h4-8,12,14-15H,9-11,19H2,1-3H3;2*1H/t14-,15+;;/m0../s1. The molecule has 0 spiro atoms. The molecule has 0 amide bonds. The summed E-state index contributed by atoms with van der Waals surface area (Å²) in [5.74, 6) is 0.434. The van der Waals surface area contributed by atoms with Gasteiger partial charge in [-0.15, -0.1) is 36.2 Å². The molecule has 2 aromatic rings. The van der Waals surface area contributed by atoms with E-state index < -0.39 is 0 Å². The molecule has 2 N–H and O–H groups in total. The molecule has 1 aliphatic rings. The number of nitrogens with two attached hydrogens (primary N) is 1. The van der Waals surface area contributed by atoms with Gasteiger partial charge in [0.05, 0.1) is 12.2 Å². The molecule has 134 valence electrons. The van der Waals surface area contributed by atoms with Gasteiger partial charge in [-0.1, -0.05) is 51.1 Å². The zero-order valence-corrected chi connectivity index (χ0v) is 16.9. The second kappa shape index (κ2) is 8.63. The van der Waals surface area contributed by atoms with E-state index in [4.69, 9.17) is 10.7 Å². The third kappa shape index (κ3) is 4.93. The van der Waals surface area contributed by atoms with Gasteiger partial charge in [-0.2, -0.15) is 0 Å². The van der Waals surface area contributed by atoms with Crippen LogP contribution in [0.2, 0.25) is 0 Å². The topological polar surface area (TPSA) is 42.1 Å². The molecule has 1 aromatic heterocycles. The molecule has 0 unspecified atom stereocenters. The first-order chi connectivity index (χ1) is 10.4. The highest BCUT2D eigenvalue weighted by atomic mass is 35.5. The SMILES string of the molecule is CC(C)(C)c1csc(CN2C[C@@H](N)[C@H](c3ccccc3)C2)n1.Cl.Cl. The van der Waals surface area contributed by atoms with Crippen molar-refractivity contribution in [2.45, 2.75) is 44.7 Å².